The van der Waals surface area contributed by atoms with Crippen molar-refractivity contribution in [3.63, 3.8) is 0 Å². The first-order chi connectivity index (χ1) is 13.9. The molecular formula is C20H17BrN2O5S. The highest BCUT2D eigenvalue weighted by atomic mass is 79.9. The van der Waals surface area contributed by atoms with Gasteiger partial charge in [0.25, 0.3) is 5.91 Å². The fraction of sp³-hybridized carbons (Fsp3) is 0.200. The maximum absolute atomic E-state index is 12.7. The molecule has 0 aliphatic rings. The van der Waals surface area contributed by atoms with Crippen molar-refractivity contribution in [3.05, 3.63) is 62.9 Å². The van der Waals surface area contributed by atoms with Crippen LogP contribution in [-0.4, -0.2) is 36.1 Å². The number of methoxy groups -OCH3 is 1. The fourth-order valence-electron chi connectivity index (χ4n) is 2.64. The average Bonchev–Trinajstić information content (AvgIpc) is 3.03. The minimum Gasteiger partial charge on any atom is -0.465 e. The monoisotopic (exact) mass is 476 g/mol. The van der Waals surface area contributed by atoms with E-state index in [4.69, 9.17) is 4.74 Å². The number of amides is 1. The van der Waals surface area contributed by atoms with Crippen molar-refractivity contribution in [1.82, 2.24) is 4.57 Å². The minimum absolute atomic E-state index is 0.0527. The van der Waals surface area contributed by atoms with Crippen LogP contribution in [-0.2, 0) is 20.8 Å². The van der Waals surface area contributed by atoms with Crippen LogP contribution in [0.25, 0.3) is 10.2 Å². The standard InChI is InChI=1S/C20H17BrN2O5S/c1-3-28-17(24)11-23-15-9-8-14(21)10-16(15)29-20(23)22-18(25)12-4-6-13(7-5-12)19(26)27-2/h4-10H,3,11H2,1-2H3. The number of esters is 2. The van der Waals surface area contributed by atoms with E-state index in [0.29, 0.717) is 15.9 Å². The summed E-state index contributed by atoms with van der Waals surface area (Å²) in [6.45, 7) is 1.95. The van der Waals surface area contributed by atoms with Crippen molar-refractivity contribution in [2.75, 3.05) is 13.7 Å². The van der Waals surface area contributed by atoms with Gasteiger partial charge in [-0.05, 0) is 49.4 Å². The van der Waals surface area contributed by atoms with Gasteiger partial charge in [0, 0.05) is 10.0 Å². The number of carbonyl (C=O) groups excluding carboxylic acids is 3. The Balaban J connectivity index is 2.02. The number of carbonyl (C=O) groups is 3. The number of aromatic nitrogens is 1. The lowest BCUT2D eigenvalue weighted by atomic mass is 10.1. The summed E-state index contributed by atoms with van der Waals surface area (Å²) in [6.07, 6.45) is 0. The zero-order chi connectivity index (χ0) is 21.0. The minimum atomic E-state index is -0.483. The molecule has 0 radical (unpaired) electrons. The molecule has 0 atom stereocenters. The highest BCUT2D eigenvalue weighted by Crippen LogP contribution is 2.22. The smallest absolute Gasteiger partial charge is 0.337 e. The maximum Gasteiger partial charge on any atom is 0.337 e. The van der Waals surface area contributed by atoms with E-state index in [1.807, 2.05) is 18.2 Å². The van der Waals surface area contributed by atoms with Crippen molar-refractivity contribution in [2.24, 2.45) is 4.99 Å². The van der Waals surface area contributed by atoms with Gasteiger partial charge >= 0.3 is 11.9 Å². The summed E-state index contributed by atoms with van der Waals surface area (Å²) < 4.78 is 13.1. The van der Waals surface area contributed by atoms with Gasteiger partial charge in [-0.2, -0.15) is 4.99 Å². The van der Waals surface area contributed by atoms with E-state index in [1.165, 1.54) is 42.7 Å². The van der Waals surface area contributed by atoms with Gasteiger partial charge in [-0.1, -0.05) is 27.3 Å². The second-order valence-corrected chi connectivity index (χ2v) is 7.80. The molecule has 0 aliphatic carbocycles. The van der Waals surface area contributed by atoms with Crippen LogP contribution in [0.4, 0.5) is 0 Å². The van der Waals surface area contributed by atoms with E-state index >= 15 is 0 Å². The van der Waals surface area contributed by atoms with Gasteiger partial charge in [-0.3, -0.25) is 9.59 Å². The average molecular weight is 477 g/mol. The van der Waals surface area contributed by atoms with Crippen LogP contribution >= 0.6 is 27.3 Å². The molecule has 29 heavy (non-hydrogen) atoms. The Labute approximate surface area is 178 Å². The van der Waals surface area contributed by atoms with E-state index in [9.17, 15) is 14.4 Å². The molecule has 0 aliphatic heterocycles. The molecule has 3 aromatic rings. The molecule has 3 rings (SSSR count). The Morgan fingerprint density at radius 1 is 1.10 bits per heavy atom. The van der Waals surface area contributed by atoms with Gasteiger partial charge in [-0.15, -0.1) is 0 Å². The number of thiazole rings is 1. The molecule has 0 fully saturated rings. The Morgan fingerprint density at radius 2 is 1.79 bits per heavy atom. The lowest BCUT2D eigenvalue weighted by molar-refractivity contribution is -0.143. The molecule has 1 aromatic heterocycles. The summed E-state index contributed by atoms with van der Waals surface area (Å²) >= 11 is 4.72. The normalized spacial score (nSPS) is 11.5. The molecule has 0 N–H and O–H groups in total. The zero-order valence-electron chi connectivity index (χ0n) is 15.7. The Morgan fingerprint density at radius 3 is 2.45 bits per heavy atom. The Bertz CT molecular complexity index is 1150. The number of rotatable bonds is 5. The van der Waals surface area contributed by atoms with Crippen LogP contribution in [0.1, 0.15) is 27.6 Å². The topological polar surface area (TPSA) is 87.0 Å². The first-order valence-electron chi connectivity index (χ1n) is 8.65. The predicted molar refractivity (Wildman–Crippen MR) is 112 cm³/mol. The highest BCUT2D eigenvalue weighted by molar-refractivity contribution is 9.10. The number of halogens is 1. The number of nitrogens with zero attached hydrogens (tertiary/aromatic N) is 2. The molecule has 0 saturated carbocycles. The lowest BCUT2D eigenvalue weighted by Crippen LogP contribution is -2.23. The second kappa shape index (κ2) is 9.15. The summed E-state index contributed by atoms with van der Waals surface area (Å²) in [5.41, 5.74) is 1.44. The maximum atomic E-state index is 12.7. The lowest BCUT2D eigenvalue weighted by Gasteiger charge is -2.05. The number of hydrogen-bond donors (Lipinski definition) is 0. The van der Waals surface area contributed by atoms with Gasteiger partial charge in [0.2, 0.25) is 0 Å². The number of benzene rings is 2. The Hall–Kier alpha value is -2.78. The summed E-state index contributed by atoms with van der Waals surface area (Å²) in [5.74, 6) is -1.38. The van der Waals surface area contributed by atoms with Crippen LogP contribution in [0.3, 0.4) is 0 Å². The second-order valence-electron chi connectivity index (χ2n) is 5.87. The summed E-state index contributed by atoms with van der Waals surface area (Å²) in [5, 5.41) is 0. The first-order valence-corrected chi connectivity index (χ1v) is 10.3. The van der Waals surface area contributed by atoms with Crippen LogP contribution in [0.2, 0.25) is 0 Å². The number of hydrogen-bond acceptors (Lipinski definition) is 6. The fourth-order valence-corrected chi connectivity index (χ4v) is 4.22. The largest absolute Gasteiger partial charge is 0.465 e. The molecule has 1 heterocycles. The summed E-state index contributed by atoms with van der Waals surface area (Å²) in [4.78, 5) is 40.8. The third-order valence-corrected chi connectivity index (χ3v) is 5.52. The molecule has 7 nitrogen and oxygen atoms in total. The van der Waals surface area contributed by atoms with Crippen LogP contribution in [0.5, 0.6) is 0 Å². The van der Waals surface area contributed by atoms with Gasteiger partial charge in [-0.25, -0.2) is 4.79 Å². The Kier molecular flexibility index (Phi) is 6.60. The van der Waals surface area contributed by atoms with Gasteiger partial charge < -0.3 is 14.0 Å². The van der Waals surface area contributed by atoms with Crippen LogP contribution in [0.15, 0.2) is 51.9 Å². The van der Waals surface area contributed by atoms with Crippen molar-refractivity contribution in [1.29, 1.82) is 0 Å². The quantitative estimate of drug-likeness (QED) is 0.525. The molecule has 0 spiro atoms. The molecular weight excluding hydrogens is 460 g/mol. The molecule has 150 valence electrons. The van der Waals surface area contributed by atoms with E-state index in [0.717, 1.165) is 14.7 Å². The van der Waals surface area contributed by atoms with Crippen LogP contribution in [0, 0.1) is 0 Å². The van der Waals surface area contributed by atoms with Gasteiger partial charge in [0.1, 0.15) is 6.54 Å². The van der Waals surface area contributed by atoms with E-state index in [2.05, 4.69) is 25.7 Å². The zero-order valence-corrected chi connectivity index (χ0v) is 18.1. The molecule has 0 unspecified atom stereocenters. The highest BCUT2D eigenvalue weighted by Gasteiger charge is 2.14. The molecule has 2 aromatic carbocycles. The van der Waals surface area contributed by atoms with Crippen molar-refractivity contribution < 1.29 is 23.9 Å². The third-order valence-electron chi connectivity index (χ3n) is 3.99. The third kappa shape index (κ3) is 4.80. The first kappa shape index (κ1) is 20.9. The molecule has 9 heteroatoms. The molecule has 0 saturated heterocycles. The summed E-state index contributed by atoms with van der Waals surface area (Å²) in [6, 6.07) is 11.6. The van der Waals surface area contributed by atoms with Crippen molar-refractivity contribution in [3.8, 4) is 0 Å². The summed E-state index contributed by atoms with van der Waals surface area (Å²) in [7, 11) is 1.29. The van der Waals surface area contributed by atoms with Gasteiger partial charge in [0.15, 0.2) is 4.80 Å². The predicted octanol–water partition coefficient (Wildman–Crippen LogP) is 3.56. The van der Waals surface area contributed by atoms with E-state index in [1.54, 1.807) is 11.5 Å². The van der Waals surface area contributed by atoms with Crippen molar-refractivity contribution in [2.45, 2.75) is 13.5 Å². The van der Waals surface area contributed by atoms with E-state index < -0.39 is 17.8 Å². The SMILES string of the molecule is CCOC(=O)Cn1c(=NC(=O)c2ccc(C(=O)OC)cc2)sc2cc(Br)ccc21. The molecule has 0 bridgehead atoms. The number of ether oxygens (including phenoxy) is 2. The van der Waals surface area contributed by atoms with E-state index in [-0.39, 0.29) is 13.2 Å². The van der Waals surface area contributed by atoms with Crippen LogP contribution < -0.4 is 4.80 Å². The molecule has 1 amide bonds. The van der Waals surface area contributed by atoms with Crippen molar-refractivity contribution >= 4 is 55.3 Å². The van der Waals surface area contributed by atoms with Gasteiger partial charge in [0.05, 0.1) is 29.5 Å². The number of fused-ring (bicyclic) bond motifs is 1.